The van der Waals surface area contributed by atoms with Gasteiger partial charge >= 0.3 is 0 Å². The quantitative estimate of drug-likeness (QED) is 0.248. The standard InChI is InChI=1S/C25H16N4O2/c26-14-19-6-1-2-7-20(19)16-28-17-22(24-10-3-4-11-25(24)28)12-21(15-27)18-8-5-9-23(13-18)29(30)31/h1-13,17H,16H2/b21-12-. The highest BCUT2D eigenvalue weighted by Crippen LogP contribution is 2.28. The van der Waals surface area contributed by atoms with Gasteiger partial charge in [-0.15, -0.1) is 0 Å². The minimum Gasteiger partial charge on any atom is -0.342 e. The maximum absolute atomic E-state index is 11.1. The third-order valence-electron chi connectivity index (χ3n) is 5.09. The summed E-state index contributed by atoms with van der Waals surface area (Å²) in [5.41, 5.74) is 4.08. The smallest absolute Gasteiger partial charge is 0.270 e. The molecule has 3 aromatic carbocycles. The van der Waals surface area contributed by atoms with Gasteiger partial charge in [-0.05, 0) is 29.3 Å². The van der Waals surface area contributed by atoms with Crippen molar-refractivity contribution in [1.82, 2.24) is 4.57 Å². The molecule has 31 heavy (non-hydrogen) atoms. The Bertz CT molecular complexity index is 1420. The number of nitro benzene ring substituents is 1. The lowest BCUT2D eigenvalue weighted by Gasteiger charge is -2.07. The molecule has 0 atom stereocenters. The van der Waals surface area contributed by atoms with Crippen LogP contribution in [0.4, 0.5) is 5.69 Å². The molecular formula is C25H16N4O2. The number of non-ortho nitro benzene ring substituents is 1. The maximum Gasteiger partial charge on any atom is 0.270 e. The lowest BCUT2D eigenvalue weighted by molar-refractivity contribution is -0.384. The van der Waals surface area contributed by atoms with Crippen LogP contribution in [0.5, 0.6) is 0 Å². The molecule has 4 rings (SSSR count). The van der Waals surface area contributed by atoms with Crippen LogP contribution in [0.25, 0.3) is 22.6 Å². The third-order valence-corrected chi connectivity index (χ3v) is 5.09. The number of para-hydroxylation sites is 1. The van der Waals surface area contributed by atoms with Crippen molar-refractivity contribution in [2.24, 2.45) is 0 Å². The molecule has 0 fully saturated rings. The van der Waals surface area contributed by atoms with Crippen molar-refractivity contribution in [1.29, 1.82) is 10.5 Å². The van der Waals surface area contributed by atoms with Crippen molar-refractivity contribution in [2.75, 3.05) is 0 Å². The van der Waals surface area contributed by atoms with Gasteiger partial charge in [0, 0.05) is 41.3 Å². The van der Waals surface area contributed by atoms with Gasteiger partial charge in [-0.3, -0.25) is 10.1 Å². The zero-order chi connectivity index (χ0) is 21.8. The first kappa shape index (κ1) is 19.6. The Morgan fingerprint density at radius 3 is 2.58 bits per heavy atom. The first-order valence-corrected chi connectivity index (χ1v) is 9.53. The fourth-order valence-electron chi connectivity index (χ4n) is 3.59. The van der Waals surface area contributed by atoms with Crippen molar-refractivity contribution in [3.63, 3.8) is 0 Å². The summed E-state index contributed by atoms with van der Waals surface area (Å²) in [5.74, 6) is 0. The molecule has 0 amide bonds. The van der Waals surface area contributed by atoms with Crippen LogP contribution >= 0.6 is 0 Å². The molecule has 148 valence electrons. The second-order valence-corrected chi connectivity index (χ2v) is 6.98. The van der Waals surface area contributed by atoms with E-state index in [1.54, 1.807) is 24.3 Å². The lowest BCUT2D eigenvalue weighted by atomic mass is 10.0. The molecule has 0 radical (unpaired) electrons. The predicted octanol–water partition coefficient (Wildman–Crippen LogP) is 5.53. The van der Waals surface area contributed by atoms with Crippen molar-refractivity contribution >= 4 is 28.2 Å². The van der Waals surface area contributed by atoms with Gasteiger partial charge in [-0.1, -0.05) is 48.5 Å². The van der Waals surface area contributed by atoms with Crippen molar-refractivity contribution in [3.8, 4) is 12.1 Å². The first-order valence-electron chi connectivity index (χ1n) is 9.53. The summed E-state index contributed by atoms with van der Waals surface area (Å²) >= 11 is 0. The summed E-state index contributed by atoms with van der Waals surface area (Å²) in [6, 6.07) is 25.7. The van der Waals surface area contributed by atoms with E-state index in [9.17, 15) is 20.6 Å². The van der Waals surface area contributed by atoms with Gasteiger partial charge in [0.25, 0.3) is 5.69 Å². The topological polar surface area (TPSA) is 95.7 Å². The van der Waals surface area contributed by atoms with E-state index in [-0.39, 0.29) is 5.69 Å². The molecule has 0 spiro atoms. The Morgan fingerprint density at radius 1 is 1.03 bits per heavy atom. The van der Waals surface area contributed by atoms with Gasteiger partial charge in [-0.2, -0.15) is 10.5 Å². The largest absolute Gasteiger partial charge is 0.342 e. The van der Waals surface area contributed by atoms with Crippen LogP contribution < -0.4 is 0 Å². The molecule has 0 aliphatic carbocycles. The summed E-state index contributed by atoms with van der Waals surface area (Å²) in [5, 5.41) is 31.2. The van der Waals surface area contributed by atoms with E-state index in [1.807, 2.05) is 53.2 Å². The minimum absolute atomic E-state index is 0.0609. The summed E-state index contributed by atoms with van der Waals surface area (Å²) in [6.45, 7) is 0.511. The number of nitriles is 2. The molecule has 6 nitrogen and oxygen atoms in total. The van der Waals surface area contributed by atoms with Gasteiger partial charge in [0.1, 0.15) is 0 Å². The summed E-state index contributed by atoms with van der Waals surface area (Å²) in [4.78, 5) is 10.6. The molecule has 6 heteroatoms. The number of hydrogen-bond acceptors (Lipinski definition) is 4. The second-order valence-electron chi connectivity index (χ2n) is 6.98. The van der Waals surface area contributed by atoms with Crippen LogP contribution in [0, 0.1) is 32.8 Å². The number of hydrogen-bond donors (Lipinski definition) is 0. The summed E-state index contributed by atoms with van der Waals surface area (Å²) < 4.78 is 2.04. The molecule has 0 bridgehead atoms. The summed E-state index contributed by atoms with van der Waals surface area (Å²) in [6.07, 6.45) is 3.68. The van der Waals surface area contributed by atoms with Gasteiger partial charge in [0.05, 0.1) is 28.2 Å². The minimum atomic E-state index is -0.475. The number of rotatable bonds is 5. The van der Waals surface area contributed by atoms with Gasteiger partial charge < -0.3 is 4.57 Å². The number of nitro groups is 1. The molecule has 1 heterocycles. The molecule has 0 aliphatic rings. The Balaban J connectivity index is 1.82. The number of allylic oxidation sites excluding steroid dienone is 1. The van der Waals surface area contributed by atoms with Crippen molar-refractivity contribution in [2.45, 2.75) is 6.54 Å². The Hall–Kier alpha value is -4.68. The number of benzene rings is 3. The molecule has 0 unspecified atom stereocenters. The molecule has 0 N–H and O–H groups in total. The second kappa shape index (κ2) is 8.36. The fourth-order valence-corrected chi connectivity index (χ4v) is 3.59. The molecule has 0 aliphatic heterocycles. The zero-order valence-electron chi connectivity index (χ0n) is 16.4. The van der Waals surface area contributed by atoms with Crippen LogP contribution in [0.2, 0.25) is 0 Å². The average Bonchev–Trinajstić information content (AvgIpc) is 3.15. The molecule has 1 aromatic heterocycles. The lowest BCUT2D eigenvalue weighted by Crippen LogP contribution is -2.00. The SMILES string of the molecule is N#C/C(=C/c1cn(Cc2ccccc2C#N)c2ccccc12)c1cccc([N+](=O)[O-])c1. The molecular weight excluding hydrogens is 388 g/mol. The average molecular weight is 404 g/mol. The molecule has 4 aromatic rings. The first-order chi connectivity index (χ1) is 15.1. The highest BCUT2D eigenvalue weighted by atomic mass is 16.6. The van der Waals surface area contributed by atoms with E-state index >= 15 is 0 Å². The number of fused-ring (bicyclic) bond motifs is 1. The molecule has 0 saturated carbocycles. The van der Waals surface area contributed by atoms with E-state index in [2.05, 4.69) is 12.1 Å². The van der Waals surface area contributed by atoms with E-state index in [0.29, 0.717) is 23.2 Å². The van der Waals surface area contributed by atoms with E-state index in [4.69, 9.17) is 0 Å². The highest BCUT2D eigenvalue weighted by Gasteiger charge is 2.12. The van der Waals surface area contributed by atoms with E-state index < -0.39 is 4.92 Å². The van der Waals surface area contributed by atoms with Crippen molar-refractivity contribution < 1.29 is 4.92 Å². The maximum atomic E-state index is 11.1. The van der Waals surface area contributed by atoms with Gasteiger partial charge in [0.15, 0.2) is 0 Å². The van der Waals surface area contributed by atoms with E-state index in [1.165, 1.54) is 12.1 Å². The third kappa shape index (κ3) is 3.91. The van der Waals surface area contributed by atoms with Crippen LogP contribution in [0.1, 0.15) is 22.3 Å². The normalized spacial score (nSPS) is 11.1. The monoisotopic (exact) mass is 404 g/mol. The van der Waals surface area contributed by atoms with E-state index in [0.717, 1.165) is 22.0 Å². The Morgan fingerprint density at radius 2 is 1.81 bits per heavy atom. The zero-order valence-corrected chi connectivity index (χ0v) is 16.4. The van der Waals surface area contributed by atoms with Crippen LogP contribution in [-0.2, 0) is 6.54 Å². The van der Waals surface area contributed by atoms with Gasteiger partial charge in [-0.25, -0.2) is 0 Å². The van der Waals surface area contributed by atoms with Crippen molar-refractivity contribution in [3.05, 3.63) is 111 Å². The predicted molar refractivity (Wildman–Crippen MR) is 119 cm³/mol. The van der Waals surface area contributed by atoms with Gasteiger partial charge in [0.2, 0.25) is 0 Å². The van der Waals surface area contributed by atoms with Crippen LogP contribution in [0.3, 0.4) is 0 Å². The Labute approximate surface area is 178 Å². The number of aromatic nitrogens is 1. The van der Waals surface area contributed by atoms with Crippen LogP contribution in [-0.4, -0.2) is 9.49 Å². The van der Waals surface area contributed by atoms with Crippen LogP contribution in [0.15, 0.2) is 79.0 Å². The summed E-state index contributed by atoms with van der Waals surface area (Å²) in [7, 11) is 0. The fraction of sp³-hybridized carbons (Fsp3) is 0.0400. The number of nitrogens with zero attached hydrogens (tertiary/aromatic N) is 4. The molecule has 0 saturated heterocycles. The highest BCUT2D eigenvalue weighted by molar-refractivity contribution is 5.98. The Kier molecular flexibility index (Phi) is 5.29.